The van der Waals surface area contributed by atoms with Crippen LogP contribution in [0.1, 0.15) is 26.7 Å². The van der Waals surface area contributed by atoms with E-state index >= 15 is 0 Å². The Kier molecular flexibility index (Phi) is 2.60. The quantitative estimate of drug-likeness (QED) is 0.554. The highest BCUT2D eigenvalue weighted by molar-refractivity contribution is 6.11. The summed E-state index contributed by atoms with van der Waals surface area (Å²) in [4.78, 5) is 0. The summed E-state index contributed by atoms with van der Waals surface area (Å²) in [5, 5.41) is 0. The lowest BCUT2D eigenvalue weighted by atomic mass is 9.91. The van der Waals surface area contributed by atoms with E-state index in [4.69, 9.17) is 17.3 Å². The normalized spacial score (nSPS) is 44.6. The molecule has 0 aliphatic carbocycles. The van der Waals surface area contributed by atoms with Gasteiger partial charge in [-0.15, -0.1) is 0 Å². The van der Waals surface area contributed by atoms with Gasteiger partial charge in [-0.2, -0.15) is 0 Å². The van der Waals surface area contributed by atoms with E-state index in [9.17, 15) is 0 Å². The Balaban J connectivity index is 2.55. The first-order valence-corrected chi connectivity index (χ1v) is 4.07. The maximum Gasteiger partial charge on any atom is 0.112 e. The molecule has 1 aliphatic heterocycles. The van der Waals surface area contributed by atoms with E-state index < -0.39 is 0 Å². The van der Waals surface area contributed by atoms with Gasteiger partial charge in [0.1, 0.15) is 7.85 Å². The summed E-state index contributed by atoms with van der Waals surface area (Å²) in [6.07, 6.45) is 1.96. The van der Waals surface area contributed by atoms with E-state index in [2.05, 4.69) is 13.8 Å². The summed E-state index contributed by atoms with van der Waals surface area (Å²) in [5.41, 5.74) is -0.0694. The minimum atomic E-state index is -0.245. The molecule has 1 fully saturated rings. The van der Waals surface area contributed by atoms with Crippen molar-refractivity contribution in [2.75, 3.05) is 7.11 Å². The standard InChI is InChI=1S/C8H15BO2/c1-4-8(2)5-6(10-3)7(9)11-8/h6-7H,4-5H2,1-3H3/t6?,7?,8-/m0/s1. The molecule has 3 atom stereocenters. The average Bonchev–Trinajstić information content (AvgIpc) is 2.27. The molecule has 0 aromatic rings. The summed E-state index contributed by atoms with van der Waals surface area (Å²) in [6.45, 7) is 4.18. The molecule has 1 rings (SSSR count). The Morgan fingerprint density at radius 1 is 1.73 bits per heavy atom. The molecule has 0 spiro atoms. The monoisotopic (exact) mass is 154 g/mol. The zero-order chi connectivity index (χ0) is 8.48. The molecule has 0 saturated carbocycles. The van der Waals surface area contributed by atoms with Gasteiger partial charge >= 0.3 is 0 Å². The lowest BCUT2D eigenvalue weighted by molar-refractivity contribution is -0.0106. The van der Waals surface area contributed by atoms with E-state index in [0.717, 1.165) is 12.8 Å². The molecular weight excluding hydrogens is 139 g/mol. The van der Waals surface area contributed by atoms with Gasteiger partial charge in [0.05, 0.1) is 11.7 Å². The smallest absolute Gasteiger partial charge is 0.112 e. The highest BCUT2D eigenvalue weighted by atomic mass is 16.6. The molecule has 1 aliphatic rings. The Labute approximate surface area is 69.7 Å². The first-order chi connectivity index (χ1) is 5.11. The third kappa shape index (κ3) is 1.77. The van der Waals surface area contributed by atoms with Crippen LogP contribution < -0.4 is 0 Å². The van der Waals surface area contributed by atoms with E-state index in [-0.39, 0.29) is 17.7 Å². The van der Waals surface area contributed by atoms with Crippen molar-refractivity contribution in [1.29, 1.82) is 0 Å². The number of rotatable bonds is 2. The van der Waals surface area contributed by atoms with Gasteiger partial charge in [-0.1, -0.05) is 6.92 Å². The van der Waals surface area contributed by atoms with Crippen molar-refractivity contribution >= 4 is 7.85 Å². The Bertz CT molecular complexity index is 140. The first kappa shape index (κ1) is 9.08. The maximum atomic E-state index is 5.69. The molecule has 11 heavy (non-hydrogen) atoms. The molecule has 2 unspecified atom stereocenters. The van der Waals surface area contributed by atoms with Crippen molar-refractivity contribution in [3.05, 3.63) is 0 Å². The molecule has 1 saturated heterocycles. The highest BCUT2D eigenvalue weighted by Crippen LogP contribution is 2.32. The number of hydrogen-bond acceptors (Lipinski definition) is 2. The van der Waals surface area contributed by atoms with Crippen LogP contribution in [0.15, 0.2) is 0 Å². The molecule has 0 amide bonds. The van der Waals surface area contributed by atoms with Gasteiger partial charge in [-0.25, -0.2) is 0 Å². The maximum absolute atomic E-state index is 5.69. The zero-order valence-electron chi connectivity index (χ0n) is 7.46. The molecule has 2 radical (unpaired) electrons. The van der Waals surface area contributed by atoms with Crippen LogP contribution in [0, 0.1) is 0 Å². The summed E-state index contributed by atoms with van der Waals surface area (Å²) in [6, 6.07) is -0.245. The fourth-order valence-corrected chi connectivity index (χ4v) is 1.44. The minimum Gasteiger partial charge on any atom is -0.379 e. The molecule has 62 valence electrons. The van der Waals surface area contributed by atoms with Crippen LogP contribution in [0.4, 0.5) is 0 Å². The second-order valence-corrected chi connectivity index (χ2v) is 3.36. The molecule has 0 N–H and O–H groups in total. The van der Waals surface area contributed by atoms with Gasteiger partial charge in [0, 0.05) is 19.5 Å². The minimum absolute atomic E-state index is 0.0694. The topological polar surface area (TPSA) is 18.5 Å². The van der Waals surface area contributed by atoms with Gasteiger partial charge in [0.2, 0.25) is 0 Å². The summed E-state index contributed by atoms with van der Waals surface area (Å²) < 4.78 is 10.7. The van der Waals surface area contributed by atoms with E-state index in [0.29, 0.717) is 0 Å². The third-order valence-corrected chi connectivity index (χ3v) is 2.47. The van der Waals surface area contributed by atoms with Gasteiger partial charge in [-0.3, -0.25) is 0 Å². The molecule has 0 aromatic carbocycles. The van der Waals surface area contributed by atoms with Crippen molar-refractivity contribution in [3.63, 3.8) is 0 Å². The van der Waals surface area contributed by atoms with Crippen LogP contribution >= 0.6 is 0 Å². The second-order valence-electron chi connectivity index (χ2n) is 3.36. The predicted molar refractivity (Wildman–Crippen MR) is 44.7 cm³/mol. The second kappa shape index (κ2) is 3.15. The van der Waals surface area contributed by atoms with Crippen LogP contribution in [0.3, 0.4) is 0 Å². The van der Waals surface area contributed by atoms with Gasteiger partial charge in [0.25, 0.3) is 0 Å². The fraction of sp³-hybridized carbons (Fsp3) is 1.00. The van der Waals surface area contributed by atoms with E-state index in [1.807, 2.05) is 0 Å². The van der Waals surface area contributed by atoms with Crippen LogP contribution in [0.5, 0.6) is 0 Å². The van der Waals surface area contributed by atoms with Crippen molar-refractivity contribution in [3.8, 4) is 0 Å². The van der Waals surface area contributed by atoms with Crippen LogP contribution in [0.25, 0.3) is 0 Å². The summed E-state index contributed by atoms with van der Waals surface area (Å²) >= 11 is 0. The third-order valence-electron chi connectivity index (χ3n) is 2.47. The SMILES string of the molecule is [B]C1O[C@@](C)(CC)CC1OC. The van der Waals surface area contributed by atoms with E-state index in [1.54, 1.807) is 7.11 Å². The van der Waals surface area contributed by atoms with Crippen LogP contribution in [-0.4, -0.2) is 32.7 Å². The average molecular weight is 154 g/mol. The zero-order valence-corrected chi connectivity index (χ0v) is 7.46. The van der Waals surface area contributed by atoms with E-state index in [1.165, 1.54) is 0 Å². The highest BCUT2D eigenvalue weighted by Gasteiger charge is 2.39. The van der Waals surface area contributed by atoms with Crippen LogP contribution in [0.2, 0.25) is 0 Å². The molecule has 3 heteroatoms. The Morgan fingerprint density at radius 2 is 2.36 bits per heavy atom. The first-order valence-electron chi connectivity index (χ1n) is 4.07. The number of methoxy groups -OCH3 is 1. The van der Waals surface area contributed by atoms with Gasteiger partial charge < -0.3 is 9.47 Å². The molecule has 0 bridgehead atoms. The molecule has 1 heterocycles. The Morgan fingerprint density at radius 3 is 2.64 bits per heavy atom. The lowest BCUT2D eigenvalue weighted by Gasteiger charge is -2.21. The largest absolute Gasteiger partial charge is 0.379 e. The fourth-order valence-electron chi connectivity index (χ4n) is 1.44. The summed E-state index contributed by atoms with van der Waals surface area (Å²) in [7, 11) is 7.37. The van der Waals surface area contributed by atoms with Crippen LogP contribution in [-0.2, 0) is 9.47 Å². The predicted octanol–water partition coefficient (Wildman–Crippen LogP) is 1.08. The van der Waals surface area contributed by atoms with Crippen molar-refractivity contribution in [2.24, 2.45) is 0 Å². The van der Waals surface area contributed by atoms with Crippen molar-refractivity contribution < 1.29 is 9.47 Å². The van der Waals surface area contributed by atoms with Gasteiger partial charge in [0.15, 0.2) is 0 Å². The number of hydrogen-bond donors (Lipinski definition) is 0. The molecule has 0 aromatic heterocycles. The Hall–Kier alpha value is -0.0151. The van der Waals surface area contributed by atoms with Gasteiger partial charge in [-0.05, 0) is 13.3 Å². The van der Waals surface area contributed by atoms with Crippen molar-refractivity contribution in [1.82, 2.24) is 0 Å². The summed E-state index contributed by atoms with van der Waals surface area (Å²) in [5.74, 6) is 0. The lowest BCUT2D eigenvalue weighted by Crippen LogP contribution is -2.24. The van der Waals surface area contributed by atoms with Crippen molar-refractivity contribution in [2.45, 2.75) is 44.4 Å². The number of ether oxygens (including phenoxy) is 2. The molecule has 2 nitrogen and oxygen atoms in total. The molecular formula is C8H15BO2.